The first-order chi connectivity index (χ1) is 10.2. The maximum absolute atomic E-state index is 12.1. The predicted octanol–water partition coefficient (Wildman–Crippen LogP) is 1.50. The first-order valence-electron chi connectivity index (χ1n) is 7.05. The lowest BCUT2D eigenvalue weighted by molar-refractivity contribution is -0.132. The first-order valence-corrected chi connectivity index (χ1v) is 7.93. The molecule has 0 atom stereocenters. The standard InChI is InChI=1S/C14H18N4O2S/c1-17-6-8-18(9-7-17)13(19)5-4-12-15-16-14(20-12)11-3-2-10-21-11/h2-3,10H,4-9H2,1H3. The Morgan fingerprint density at radius 3 is 2.86 bits per heavy atom. The Balaban J connectivity index is 1.52. The minimum Gasteiger partial charge on any atom is -0.420 e. The van der Waals surface area contributed by atoms with Crippen LogP contribution in [0.1, 0.15) is 12.3 Å². The number of amides is 1. The van der Waals surface area contributed by atoms with Crippen molar-refractivity contribution >= 4 is 17.2 Å². The fourth-order valence-corrected chi connectivity index (χ4v) is 2.93. The number of aryl methyl sites for hydroxylation is 1. The molecule has 1 amide bonds. The van der Waals surface area contributed by atoms with E-state index in [1.54, 1.807) is 11.3 Å². The third-order valence-corrected chi connectivity index (χ3v) is 4.47. The number of rotatable bonds is 4. The van der Waals surface area contributed by atoms with Crippen LogP contribution in [0, 0.1) is 0 Å². The summed E-state index contributed by atoms with van der Waals surface area (Å²) < 4.78 is 5.59. The highest BCUT2D eigenvalue weighted by molar-refractivity contribution is 7.13. The van der Waals surface area contributed by atoms with Gasteiger partial charge in [-0.3, -0.25) is 4.79 Å². The molecule has 3 rings (SSSR count). The van der Waals surface area contributed by atoms with Crippen LogP contribution in [-0.4, -0.2) is 59.1 Å². The highest BCUT2D eigenvalue weighted by Gasteiger charge is 2.19. The topological polar surface area (TPSA) is 62.5 Å². The maximum Gasteiger partial charge on any atom is 0.257 e. The van der Waals surface area contributed by atoms with E-state index in [-0.39, 0.29) is 5.91 Å². The smallest absolute Gasteiger partial charge is 0.257 e. The van der Waals surface area contributed by atoms with E-state index in [0.29, 0.717) is 24.6 Å². The van der Waals surface area contributed by atoms with E-state index >= 15 is 0 Å². The molecule has 2 aromatic rings. The fraction of sp³-hybridized carbons (Fsp3) is 0.500. The third-order valence-electron chi connectivity index (χ3n) is 3.61. The monoisotopic (exact) mass is 306 g/mol. The largest absolute Gasteiger partial charge is 0.420 e. The minimum atomic E-state index is 0.166. The molecule has 1 aliphatic rings. The molecule has 1 aliphatic heterocycles. The molecular formula is C14H18N4O2S. The second-order valence-corrected chi connectivity index (χ2v) is 6.11. The Bertz CT molecular complexity index is 588. The molecule has 0 radical (unpaired) electrons. The zero-order valence-corrected chi connectivity index (χ0v) is 12.8. The highest BCUT2D eigenvalue weighted by Crippen LogP contribution is 2.23. The fourth-order valence-electron chi connectivity index (χ4n) is 2.28. The van der Waals surface area contributed by atoms with Crippen molar-refractivity contribution in [3.05, 3.63) is 23.4 Å². The van der Waals surface area contributed by atoms with Crippen molar-refractivity contribution in [2.45, 2.75) is 12.8 Å². The van der Waals surface area contributed by atoms with Gasteiger partial charge in [0.25, 0.3) is 5.89 Å². The SMILES string of the molecule is CN1CCN(C(=O)CCc2nnc(-c3cccs3)o2)CC1. The van der Waals surface area contributed by atoms with Crippen LogP contribution in [0.15, 0.2) is 21.9 Å². The summed E-state index contributed by atoms with van der Waals surface area (Å²) in [5, 5.41) is 10.0. The van der Waals surface area contributed by atoms with E-state index in [4.69, 9.17) is 4.42 Å². The van der Waals surface area contributed by atoms with E-state index in [2.05, 4.69) is 22.1 Å². The second-order valence-electron chi connectivity index (χ2n) is 5.16. The van der Waals surface area contributed by atoms with Gasteiger partial charge in [0.1, 0.15) is 0 Å². The predicted molar refractivity (Wildman–Crippen MR) is 80.0 cm³/mol. The van der Waals surface area contributed by atoms with Crippen molar-refractivity contribution < 1.29 is 9.21 Å². The molecule has 2 aromatic heterocycles. The summed E-state index contributed by atoms with van der Waals surface area (Å²) in [5.74, 6) is 1.23. The summed E-state index contributed by atoms with van der Waals surface area (Å²) in [5.41, 5.74) is 0. The molecule has 1 saturated heterocycles. The van der Waals surface area contributed by atoms with Crippen molar-refractivity contribution in [2.75, 3.05) is 33.2 Å². The van der Waals surface area contributed by atoms with E-state index in [1.807, 2.05) is 22.4 Å². The molecule has 0 spiro atoms. The third kappa shape index (κ3) is 3.48. The molecule has 0 saturated carbocycles. The Hall–Kier alpha value is -1.73. The Labute approximate surface area is 127 Å². The van der Waals surface area contributed by atoms with Crippen LogP contribution >= 0.6 is 11.3 Å². The molecule has 6 nitrogen and oxygen atoms in total. The Kier molecular flexibility index (Phi) is 4.31. The van der Waals surface area contributed by atoms with Crippen molar-refractivity contribution in [1.82, 2.24) is 20.0 Å². The number of likely N-dealkylation sites (N-methyl/N-ethyl adjacent to an activating group) is 1. The summed E-state index contributed by atoms with van der Waals surface area (Å²) in [6.45, 7) is 3.49. The molecule has 0 unspecified atom stereocenters. The number of hydrogen-bond acceptors (Lipinski definition) is 6. The zero-order valence-electron chi connectivity index (χ0n) is 12.0. The zero-order chi connectivity index (χ0) is 14.7. The van der Waals surface area contributed by atoms with E-state index in [9.17, 15) is 4.79 Å². The van der Waals surface area contributed by atoms with Crippen LogP contribution in [-0.2, 0) is 11.2 Å². The van der Waals surface area contributed by atoms with Gasteiger partial charge in [-0.25, -0.2) is 0 Å². The summed E-state index contributed by atoms with van der Waals surface area (Å²) in [4.78, 5) is 17.2. The number of piperazine rings is 1. The molecule has 1 fully saturated rings. The van der Waals surface area contributed by atoms with E-state index < -0.39 is 0 Å². The minimum absolute atomic E-state index is 0.166. The Morgan fingerprint density at radius 1 is 1.33 bits per heavy atom. The number of carbonyl (C=O) groups excluding carboxylic acids is 1. The van der Waals surface area contributed by atoms with Gasteiger partial charge in [0, 0.05) is 39.0 Å². The summed E-state index contributed by atoms with van der Waals surface area (Å²) >= 11 is 1.56. The number of hydrogen-bond donors (Lipinski definition) is 0. The molecule has 112 valence electrons. The van der Waals surface area contributed by atoms with Gasteiger partial charge in [0.2, 0.25) is 11.8 Å². The Morgan fingerprint density at radius 2 is 2.14 bits per heavy atom. The number of carbonyl (C=O) groups is 1. The quantitative estimate of drug-likeness (QED) is 0.856. The van der Waals surface area contributed by atoms with Gasteiger partial charge in [0.15, 0.2) is 0 Å². The van der Waals surface area contributed by atoms with Gasteiger partial charge in [-0.05, 0) is 18.5 Å². The molecule has 0 N–H and O–H groups in total. The van der Waals surface area contributed by atoms with Crippen LogP contribution in [0.25, 0.3) is 10.8 Å². The second kappa shape index (κ2) is 6.36. The van der Waals surface area contributed by atoms with Crippen LogP contribution < -0.4 is 0 Å². The van der Waals surface area contributed by atoms with Crippen LogP contribution in [0.2, 0.25) is 0 Å². The highest BCUT2D eigenvalue weighted by atomic mass is 32.1. The maximum atomic E-state index is 12.1. The van der Waals surface area contributed by atoms with Gasteiger partial charge in [-0.2, -0.15) is 0 Å². The summed E-state index contributed by atoms with van der Waals surface area (Å²) in [6, 6.07) is 3.89. The van der Waals surface area contributed by atoms with E-state index in [1.165, 1.54) is 0 Å². The van der Waals surface area contributed by atoms with Gasteiger partial charge < -0.3 is 14.2 Å². The molecule has 0 bridgehead atoms. The van der Waals surface area contributed by atoms with Crippen molar-refractivity contribution in [1.29, 1.82) is 0 Å². The van der Waals surface area contributed by atoms with Crippen LogP contribution in [0.4, 0.5) is 0 Å². The average molecular weight is 306 g/mol. The van der Waals surface area contributed by atoms with Gasteiger partial charge in [0.05, 0.1) is 4.88 Å². The van der Waals surface area contributed by atoms with Gasteiger partial charge in [-0.1, -0.05) is 6.07 Å². The van der Waals surface area contributed by atoms with Gasteiger partial charge >= 0.3 is 0 Å². The number of thiophene rings is 1. The van der Waals surface area contributed by atoms with Crippen molar-refractivity contribution in [3.8, 4) is 10.8 Å². The van der Waals surface area contributed by atoms with E-state index in [0.717, 1.165) is 31.1 Å². The first kappa shape index (κ1) is 14.2. The normalized spacial score (nSPS) is 16.3. The number of nitrogens with zero attached hydrogens (tertiary/aromatic N) is 4. The number of aromatic nitrogens is 2. The van der Waals surface area contributed by atoms with Gasteiger partial charge in [-0.15, -0.1) is 21.5 Å². The summed E-state index contributed by atoms with van der Waals surface area (Å²) in [7, 11) is 2.08. The molecule has 7 heteroatoms. The lowest BCUT2D eigenvalue weighted by Crippen LogP contribution is -2.47. The van der Waals surface area contributed by atoms with Crippen LogP contribution in [0.3, 0.4) is 0 Å². The van der Waals surface area contributed by atoms with Crippen molar-refractivity contribution in [2.24, 2.45) is 0 Å². The van der Waals surface area contributed by atoms with Crippen molar-refractivity contribution in [3.63, 3.8) is 0 Å². The molecule has 21 heavy (non-hydrogen) atoms. The lowest BCUT2D eigenvalue weighted by Gasteiger charge is -2.32. The molecular weight excluding hydrogens is 288 g/mol. The molecule has 0 aliphatic carbocycles. The molecule has 0 aromatic carbocycles. The van der Waals surface area contributed by atoms with Crippen LogP contribution in [0.5, 0.6) is 0 Å². The lowest BCUT2D eigenvalue weighted by atomic mass is 10.2. The summed E-state index contributed by atoms with van der Waals surface area (Å²) in [6.07, 6.45) is 0.930. The molecule has 3 heterocycles. The average Bonchev–Trinajstić information content (AvgIpc) is 3.16.